The number of nitro benzene ring substituents is 2. The Morgan fingerprint density at radius 1 is 1.04 bits per heavy atom. The molecule has 28 heavy (non-hydrogen) atoms. The van der Waals surface area contributed by atoms with Gasteiger partial charge in [-0.3, -0.25) is 25.0 Å². The number of carbonyl (C=O) groups is 1. The molecule has 2 rings (SSSR count). The molecule has 9 nitrogen and oxygen atoms in total. The summed E-state index contributed by atoms with van der Waals surface area (Å²) in [4.78, 5) is 32.7. The molecule has 148 valence electrons. The highest BCUT2D eigenvalue weighted by Crippen LogP contribution is 2.33. The molecule has 1 N–H and O–H groups in total. The summed E-state index contributed by atoms with van der Waals surface area (Å²) in [6.45, 7) is 0. The van der Waals surface area contributed by atoms with Crippen molar-refractivity contribution in [2.24, 2.45) is 0 Å². The van der Waals surface area contributed by atoms with Gasteiger partial charge in [0.05, 0.1) is 21.5 Å². The molecule has 0 bridgehead atoms. The normalized spacial score (nSPS) is 12.1. The summed E-state index contributed by atoms with van der Waals surface area (Å²) >= 11 is 20.8. The van der Waals surface area contributed by atoms with Crippen molar-refractivity contribution in [1.29, 1.82) is 0 Å². The van der Waals surface area contributed by atoms with E-state index < -0.39 is 37.1 Å². The highest BCUT2D eigenvalue weighted by molar-refractivity contribution is 9.10. The minimum atomic E-state index is -2.12. The average Bonchev–Trinajstić information content (AvgIpc) is 2.61. The highest BCUT2D eigenvalue weighted by Gasteiger charge is 2.37. The van der Waals surface area contributed by atoms with Crippen molar-refractivity contribution in [3.63, 3.8) is 0 Å². The fraction of sp³-hybridized carbons (Fsp3) is 0.133. The third-order valence-corrected chi connectivity index (χ3v) is 4.34. The third kappa shape index (κ3) is 5.93. The van der Waals surface area contributed by atoms with Crippen molar-refractivity contribution in [1.82, 2.24) is 5.32 Å². The number of alkyl halides is 3. The van der Waals surface area contributed by atoms with E-state index >= 15 is 0 Å². The topological polar surface area (TPSA) is 125 Å². The molecule has 0 saturated carbocycles. The first-order chi connectivity index (χ1) is 13.0. The van der Waals surface area contributed by atoms with E-state index in [1.807, 2.05) is 0 Å². The molecule has 0 aliphatic heterocycles. The van der Waals surface area contributed by atoms with Gasteiger partial charge in [-0.15, -0.1) is 0 Å². The average molecular weight is 514 g/mol. The molecule has 0 saturated heterocycles. The summed E-state index contributed by atoms with van der Waals surface area (Å²) < 4.78 is 4.11. The lowest BCUT2D eigenvalue weighted by atomic mass is 10.1. The molecule has 0 aromatic heterocycles. The second-order valence-corrected chi connectivity index (χ2v) is 8.50. The predicted molar refractivity (Wildman–Crippen MR) is 106 cm³/mol. The highest BCUT2D eigenvalue weighted by atomic mass is 79.9. The van der Waals surface area contributed by atoms with Crippen LogP contribution in [0, 0.1) is 20.2 Å². The number of ether oxygens (including phenoxy) is 1. The van der Waals surface area contributed by atoms with E-state index in [1.54, 1.807) is 12.1 Å². The Morgan fingerprint density at radius 3 is 1.96 bits per heavy atom. The lowest BCUT2D eigenvalue weighted by Gasteiger charge is -2.26. The summed E-state index contributed by atoms with van der Waals surface area (Å²) in [5.41, 5.74) is -1.66. The van der Waals surface area contributed by atoms with Gasteiger partial charge in [-0.2, -0.15) is 0 Å². The molecular weight excluding hydrogens is 504 g/mol. The fourth-order valence-electron chi connectivity index (χ4n) is 1.97. The molecular formula is C15H9BrCl3N3O6. The van der Waals surface area contributed by atoms with E-state index in [0.29, 0.717) is 0 Å². The molecule has 0 spiro atoms. The van der Waals surface area contributed by atoms with Gasteiger partial charge in [0.1, 0.15) is 5.75 Å². The van der Waals surface area contributed by atoms with E-state index in [4.69, 9.17) is 39.5 Å². The van der Waals surface area contributed by atoms with Gasteiger partial charge in [0, 0.05) is 16.6 Å². The Labute approximate surface area is 180 Å². The van der Waals surface area contributed by atoms with Gasteiger partial charge in [-0.1, -0.05) is 50.7 Å². The Hall–Kier alpha value is -2.14. The quantitative estimate of drug-likeness (QED) is 0.257. The Kier molecular flexibility index (Phi) is 7.05. The molecule has 0 aliphatic rings. The van der Waals surface area contributed by atoms with Crippen molar-refractivity contribution in [2.45, 2.75) is 10.0 Å². The van der Waals surface area contributed by atoms with Crippen LogP contribution >= 0.6 is 50.7 Å². The van der Waals surface area contributed by atoms with Gasteiger partial charge < -0.3 is 10.1 Å². The van der Waals surface area contributed by atoms with E-state index in [2.05, 4.69) is 21.2 Å². The van der Waals surface area contributed by atoms with Crippen molar-refractivity contribution in [3.05, 3.63) is 72.7 Å². The van der Waals surface area contributed by atoms with Gasteiger partial charge >= 0.3 is 0 Å². The van der Waals surface area contributed by atoms with E-state index in [9.17, 15) is 25.0 Å². The van der Waals surface area contributed by atoms with Crippen LogP contribution in [0.1, 0.15) is 10.4 Å². The lowest BCUT2D eigenvalue weighted by molar-refractivity contribution is -0.394. The first kappa shape index (κ1) is 22.2. The van der Waals surface area contributed by atoms with E-state index in [-0.39, 0.29) is 11.3 Å². The number of nitro groups is 2. The van der Waals surface area contributed by atoms with Crippen LogP contribution in [0.25, 0.3) is 0 Å². The summed E-state index contributed by atoms with van der Waals surface area (Å²) in [5, 5.41) is 24.2. The summed E-state index contributed by atoms with van der Waals surface area (Å²) in [7, 11) is 0. The largest absolute Gasteiger partial charge is 0.466 e. The molecule has 2 aromatic carbocycles. The van der Waals surface area contributed by atoms with Crippen LogP contribution < -0.4 is 10.1 Å². The maximum atomic E-state index is 12.5. The standard InChI is InChI=1S/C15H9BrCl3N3O6/c16-9-1-3-12(4-2-9)28-14(15(17,18)19)20-13(23)8-5-10(21(24)25)7-11(6-8)22(26)27/h1-7,14H,(H,20,23)/t14-/m1/s1. The second-order valence-electron chi connectivity index (χ2n) is 5.22. The fourth-order valence-corrected chi connectivity index (χ4v) is 2.53. The molecule has 0 aliphatic carbocycles. The molecule has 2 aromatic rings. The minimum absolute atomic E-state index is 0.254. The number of carbonyl (C=O) groups excluding carboxylic acids is 1. The first-order valence-electron chi connectivity index (χ1n) is 7.21. The smallest absolute Gasteiger partial charge is 0.277 e. The van der Waals surface area contributed by atoms with Gasteiger partial charge in [0.2, 0.25) is 10.0 Å². The third-order valence-electron chi connectivity index (χ3n) is 3.21. The number of rotatable bonds is 6. The molecule has 13 heteroatoms. The number of benzene rings is 2. The van der Waals surface area contributed by atoms with Gasteiger partial charge in [-0.05, 0) is 24.3 Å². The maximum absolute atomic E-state index is 12.5. The van der Waals surface area contributed by atoms with Crippen molar-refractivity contribution in [3.8, 4) is 5.75 Å². The van der Waals surface area contributed by atoms with Crippen molar-refractivity contribution < 1.29 is 19.4 Å². The van der Waals surface area contributed by atoms with Crippen LogP contribution in [0.2, 0.25) is 0 Å². The number of non-ortho nitro benzene ring substituents is 2. The Morgan fingerprint density at radius 2 is 1.54 bits per heavy atom. The predicted octanol–water partition coefficient (Wildman–Crippen LogP) is 4.77. The number of hydrogen-bond donors (Lipinski definition) is 1. The first-order valence-corrected chi connectivity index (χ1v) is 9.14. The number of nitrogens with zero attached hydrogens (tertiary/aromatic N) is 2. The number of hydrogen-bond acceptors (Lipinski definition) is 6. The zero-order valence-corrected chi connectivity index (χ0v) is 17.3. The Bertz CT molecular complexity index is 888. The molecule has 0 unspecified atom stereocenters. The number of halogens is 4. The molecule has 1 amide bonds. The second kappa shape index (κ2) is 8.91. The van der Waals surface area contributed by atoms with E-state index in [1.165, 1.54) is 12.1 Å². The van der Waals surface area contributed by atoms with Crippen LogP contribution in [-0.4, -0.2) is 25.8 Å². The Balaban J connectivity index is 2.31. The zero-order valence-electron chi connectivity index (χ0n) is 13.5. The summed E-state index contributed by atoms with van der Waals surface area (Å²) in [6.07, 6.45) is -1.50. The molecule has 1 atom stereocenters. The van der Waals surface area contributed by atoms with Crippen molar-refractivity contribution >= 4 is 68.0 Å². The van der Waals surface area contributed by atoms with Gasteiger partial charge in [-0.25, -0.2) is 0 Å². The van der Waals surface area contributed by atoms with Crippen LogP contribution in [0.15, 0.2) is 46.9 Å². The molecule has 0 heterocycles. The van der Waals surface area contributed by atoms with Gasteiger partial charge in [0.15, 0.2) is 0 Å². The minimum Gasteiger partial charge on any atom is -0.466 e. The number of amides is 1. The van der Waals surface area contributed by atoms with E-state index in [0.717, 1.165) is 22.7 Å². The monoisotopic (exact) mass is 511 g/mol. The van der Waals surface area contributed by atoms with Crippen LogP contribution in [0.3, 0.4) is 0 Å². The molecule has 0 radical (unpaired) electrons. The van der Waals surface area contributed by atoms with Crippen LogP contribution in [0.4, 0.5) is 11.4 Å². The summed E-state index contributed by atoms with van der Waals surface area (Å²) in [5.74, 6) is -0.718. The van der Waals surface area contributed by atoms with Crippen LogP contribution in [-0.2, 0) is 0 Å². The van der Waals surface area contributed by atoms with Gasteiger partial charge in [0.25, 0.3) is 17.3 Å². The molecule has 0 fully saturated rings. The SMILES string of the molecule is O=C(N[C@H](Oc1ccc(Br)cc1)C(Cl)(Cl)Cl)c1cc([N+](=O)[O-])cc([N+](=O)[O-])c1. The van der Waals surface area contributed by atoms with Crippen LogP contribution in [0.5, 0.6) is 5.75 Å². The zero-order chi connectivity index (χ0) is 21.1. The maximum Gasteiger partial charge on any atom is 0.277 e. The number of nitrogens with one attached hydrogen (secondary N) is 1. The summed E-state index contributed by atoms with van der Waals surface area (Å²) in [6, 6.07) is 8.82. The van der Waals surface area contributed by atoms with Crippen molar-refractivity contribution in [2.75, 3.05) is 0 Å². The lowest BCUT2D eigenvalue weighted by Crippen LogP contribution is -2.47.